The molecular formula is C69H133NO5. The molecule has 0 saturated carbocycles. The summed E-state index contributed by atoms with van der Waals surface area (Å²) in [4.78, 5) is 24.5. The van der Waals surface area contributed by atoms with Gasteiger partial charge in [0.1, 0.15) is 0 Å². The molecule has 1 amide bonds. The van der Waals surface area contributed by atoms with Crippen LogP contribution in [0.1, 0.15) is 380 Å². The molecule has 0 radical (unpaired) electrons. The lowest BCUT2D eigenvalue weighted by Crippen LogP contribution is -2.45. The fraction of sp³-hybridized carbons (Fsp3) is 0.913. The van der Waals surface area contributed by atoms with Crippen LogP contribution in [-0.4, -0.2) is 47.4 Å². The van der Waals surface area contributed by atoms with Gasteiger partial charge >= 0.3 is 5.97 Å². The van der Waals surface area contributed by atoms with E-state index in [9.17, 15) is 19.8 Å². The third kappa shape index (κ3) is 61.4. The van der Waals surface area contributed by atoms with Crippen molar-refractivity contribution >= 4 is 11.9 Å². The molecule has 2 unspecified atom stereocenters. The monoisotopic (exact) mass is 1060 g/mol. The lowest BCUT2D eigenvalue weighted by molar-refractivity contribution is -0.143. The maximum Gasteiger partial charge on any atom is 0.305 e. The minimum atomic E-state index is -0.840. The molecule has 0 bridgehead atoms. The third-order valence-corrected chi connectivity index (χ3v) is 16.0. The predicted molar refractivity (Wildman–Crippen MR) is 329 cm³/mol. The van der Waals surface area contributed by atoms with Crippen molar-refractivity contribution < 1.29 is 24.5 Å². The Kier molecular flexibility index (Phi) is 63.4. The van der Waals surface area contributed by atoms with E-state index >= 15 is 0 Å². The first-order valence-electron chi connectivity index (χ1n) is 34.1. The van der Waals surface area contributed by atoms with Gasteiger partial charge < -0.3 is 20.3 Å². The molecule has 75 heavy (non-hydrogen) atoms. The Bertz CT molecular complexity index is 1170. The Morgan fingerprint density at radius 3 is 0.947 bits per heavy atom. The van der Waals surface area contributed by atoms with Crippen LogP contribution >= 0.6 is 0 Å². The third-order valence-electron chi connectivity index (χ3n) is 16.0. The number of amides is 1. The van der Waals surface area contributed by atoms with E-state index in [1.165, 1.54) is 308 Å². The molecule has 0 aromatic carbocycles. The van der Waals surface area contributed by atoms with Gasteiger partial charge in [0.25, 0.3) is 0 Å². The van der Waals surface area contributed by atoms with Gasteiger partial charge in [-0.05, 0) is 57.8 Å². The van der Waals surface area contributed by atoms with Gasteiger partial charge in [-0.2, -0.15) is 0 Å². The lowest BCUT2D eigenvalue weighted by atomic mass is 10.0. The SMILES string of the molecule is CCCCCCC/C=C\CCCCCCCC(=O)OCCCCCCCCCCCCCCCCCCCCCCCCCCCCCCCCCC(=O)NC(CO)C(O)/C=C/CCCCCCCCCCCCC. The van der Waals surface area contributed by atoms with Crippen LogP contribution in [0.25, 0.3) is 0 Å². The van der Waals surface area contributed by atoms with Gasteiger partial charge in [0.15, 0.2) is 0 Å². The van der Waals surface area contributed by atoms with Crippen molar-refractivity contribution in [3.8, 4) is 0 Å². The van der Waals surface area contributed by atoms with Gasteiger partial charge in [0, 0.05) is 12.8 Å². The van der Waals surface area contributed by atoms with E-state index in [0.29, 0.717) is 19.4 Å². The predicted octanol–water partition coefficient (Wildman–Crippen LogP) is 21.8. The highest BCUT2D eigenvalue weighted by Gasteiger charge is 2.18. The molecule has 0 aliphatic carbocycles. The van der Waals surface area contributed by atoms with E-state index in [2.05, 4.69) is 31.3 Å². The molecule has 3 N–H and O–H groups in total. The zero-order valence-electron chi connectivity index (χ0n) is 50.8. The van der Waals surface area contributed by atoms with Crippen molar-refractivity contribution in [3.63, 3.8) is 0 Å². The summed E-state index contributed by atoms with van der Waals surface area (Å²) in [5, 5.41) is 23.1. The molecule has 0 saturated heterocycles. The van der Waals surface area contributed by atoms with Crippen molar-refractivity contribution in [3.05, 3.63) is 24.3 Å². The number of rotatable bonds is 64. The molecule has 0 rings (SSSR count). The molecule has 444 valence electrons. The molecule has 0 heterocycles. The summed E-state index contributed by atoms with van der Waals surface area (Å²) in [5.74, 6) is -0.0501. The van der Waals surface area contributed by atoms with E-state index in [0.717, 1.165) is 44.9 Å². The van der Waals surface area contributed by atoms with E-state index in [4.69, 9.17) is 4.74 Å². The van der Waals surface area contributed by atoms with Crippen LogP contribution in [0.5, 0.6) is 0 Å². The Hall–Kier alpha value is -1.66. The molecule has 0 aromatic rings. The van der Waals surface area contributed by atoms with Crippen LogP contribution in [0.2, 0.25) is 0 Å². The summed E-state index contributed by atoms with van der Waals surface area (Å²) < 4.78 is 5.49. The number of allylic oxidation sites excluding steroid dienone is 3. The highest BCUT2D eigenvalue weighted by atomic mass is 16.5. The number of esters is 1. The van der Waals surface area contributed by atoms with Gasteiger partial charge in [-0.3, -0.25) is 9.59 Å². The highest BCUT2D eigenvalue weighted by Crippen LogP contribution is 2.19. The normalized spacial score (nSPS) is 12.6. The minimum absolute atomic E-state index is 0.0122. The Morgan fingerprint density at radius 1 is 0.360 bits per heavy atom. The van der Waals surface area contributed by atoms with Gasteiger partial charge in [0.2, 0.25) is 5.91 Å². The highest BCUT2D eigenvalue weighted by molar-refractivity contribution is 5.76. The van der Waals surface area contributed by atoms with Crippen LogP contribution in [0.3, 0.4) is 0 Å². The first kappa shape index (κ1) is 73.3. The van der Waals surface area contributed by atoms with Crippen LogP contribution in [-0.2, 0) is 14.3 Å². The smallest absolute Gasteiger partial charge is 0.305 e. The van der Waals surface area contributed by atoms with Crippen molar-refractivity contribution in [1.82, 2.24) is 5.32 Å². The number of nitrogens with one attached hydrogen (secondary N) is 1. The average molecular weight is 1060 g/mol. The lowest BCUT2D eigenvalue weighted by Gasteiger charge is -2.20. The first-order valence-corrected chi connectivity index (χ1v) is 34.1. The molecular weight excluding hydrogens is 923 g/mol. The maximum atomic E-state index is 12.5. The number of aliphatic hydroxyl groups is 2. The largest absolute Gasteiger partial charge is 0.466 e. The zero-order valence-corrected chi connectivity index (χ0v) is 50.8. The second kappa shape index (κ2) is 64.9. The number of ether oxygens (including phenoxy) is 1. The number of hydrogen-bond donors (Lipinski definition) is 3. The van der Waals surface area contributed by atoms with Gasteiger partial charge in [-0.25, -0.2) is 0 Å². The van der Waals surface area contributed by atoms with Crippen molar-refractivity contribution in [1.29, 1.82) is 0 Å². The number of carbonyl (C=O) groups is 2. The first-order chi connectivity index (χ1) is 37.0. The molecule has 0 aliphatic heterocycles. The average Bonchev–Trinajstić information content (AvgIpc) is 3.41. The van der Waals surface area contributed by atoms with Crippen LogP contribution < -0.4 is 5.32 Å². The van der Waals surface area contributed by atoms with Crippen molar-refractivity contribution in [2.45, 2.75) is 392 Å². The molecule has 6 heteroatoms. The van der Waals surface area contributed by atoms with E-state index in [-0.39, 0.29) is 18.5 Å². The zero-order chi connectivity index (χ0) is 54.3. The molecule has 0 spiro atoms. The maximum absolute atomic E-state index is 12.5. The molecule has 0 aliphatic rings. The summed E-state index contributed by atoms with van der Waals surface area (Å²) in [7, 11) is 0. The van der Waals surface area contributed by atoms with E-state index in [1.54, 1.807) is 6.08 Å². The molecule has 2 atom stereocenters. The summed E-state index contributed by atoms with van der Waals surface area (Å²) in [6, 6.07) is -0.623. The quantitative estimate of drug-likeness (QED) is 0.0320. The summed E-state index contributed by atoms with van der Waals surface area (Å²) in [6.45, 7) is 4.91. The van der Waals surface area contributed by atoms with Gasteiger partial charge in [-0.1, -0.05) is 334 Å². The van der Waals surface area contributed by atoms with Crippen molar-refractivity contribution in [2.24, 2.45) is 0 Å². The minimum Gasteiger partial charge on any atom is -0.466 e. The van der Waals surface area contributed by atoms with Gasteiger partial charge in [-0.15, -0.1) is 0 Å². The number of hydrogen-bond acceptors (Lipinski definition) is 5. The number of aliphatic hydroxyl groups excluding tert-OH is 2. The second-order valence-electron chi connectivity index (χ2n) is 23.5. The fourth-order valence-corrected chi connectivity index (χ4v) is 10.7. The number of carbonyl (C=O) groups excluding carboxylic acids is 2. The van der Waals surface area contributed by atoms with Crippen LogP contribution in [0, 0.1) is 0 Å². The van der Waals surface area contributed by atoms with E-state index < -0.39 is 12.1 Å². The van der Waals surface area contributed by atoms with E-state index in [1.807, 2.05) is 6.08 Å². The van der Waals surface area contributed by atoms with Crippen molar-refractivity contribution in [2.75, 3.05) is 13.2 Å². The summed E-state index contributed by atoms with van der Waals surface area (Å²) in [6.07, 6.45) is 81.1. The standard InChI is InChI=1S/C69H133NO5/c1-3-5-7-9-11-13-15-17-39-43-47-51-55-59-63-69(74)75-64-60-56-52-48-44-40-36-34-32-30-28-26-24-22-20-18-19-21-23-25-27-29-31-33-35-38-42-46-50-54-58-62-68(73)70-66(65-71)67(72)61-57-53-49-45-41-37-16-14-12-10-8-6-4-2/h15,17,57,61,66-67,71-72H,3-14,16,18-56,58-60,62-65H2,1-2H3,(H,70,73)/b17-15-,61-57+. The molecule has 6 nitrogen and oxygen atoms in total. The molecule has 0 fully saturated rings. The van der Waals surface area contributed by atoms with Crippen LogP contribution in [0.4, 0.5) is 0 Å². The number of unbranched alkanes of at least 4 members (excludes halogenated alkanes) is 51. The molecule has 0 aromatic heterocycles. The second-order valence-corrected chi connectivity index (χ2v) is 23.5. The fourth-order valence-electron chi connectivity index (χ4n) is 10.7. The topological polar surface area (TPSA) is 95.9 Å². The summed E-state index contributed by atoms with van der Waals surface area (Å²) in [5.41, 5.74) is 0. The Morgan fingerprint density at radius 2 is 0.627 bits per heavy atom. The van der Waals surface area contributed by atoms with Crippen LogP contribution in [0.15, 0.2) is 24.3 Å². The van der Waals surface area contributed by atoms with Gasteiger partial charge in [0.05, 0.1) is 25.4 Å². The summed E-state index contributed by atoms with van der Waals surface area (Å²) >= 11 is 0. The Balaban J connectivity index is 3.33. The Labute approximate surface area is 469 Å².